The van der Waals surface area contributed by atoms with Gasteiger partial charge in [-0.1, -0.05) is 23.4 Å². The van der Waals surface area contributed by atoms with Gasteiger partial charge in [-0.05, 0) is 56.7 Å². The number of ether oxygens (including phenoxy) is 5. The lowest BCUT2D eigenvalue weighted by Crippen LogP contribution is -2.35. The van der Waals surface area contributed by atoms with Gasteiger partial charge in [-0.3, -0.25) is 14.6 Å². The highest BCUT2D eigenvalue weighted by Crippen LogP contribution is 2.54. The first kappa shape index (κ1) is 30.5. The molecule has 1 atom stereocenters. The van der Waals surface area contributed by atoms with Crippen molar-refractivity contribution in [2.24, 2.45) is 0 Å². The van der Waals surface area contributed by atoms with Gasteiger partial charge in [-0.15, -0.1) is 0 Å². The van der Waals surface area contributed by atoms with Crippen molar-refractivity contribution >= 4 is 35.0 Å². The van der Waals surface area contributed by atoms with E-state index in [1.165, 1.54) is 0 Å². The predicted octanol–water partition coefficient (Wildman–Crippen LogP) is 5.62. The summed E-state index contributed by atoms with van der Waals surface area (Å²) in [6.07, 6.45) is 0.845. The van der Waals surface area contributed by atoms with E-state index in [0.717, 1.165) is 41.4 Å². The first-order valence-corrected chi connectivity index (χ1v) is 14.1. The molecule has 0 saturated carbocycles. The van der Waals surface area contributed by atoms with Crippen LogP contribution in [0.3, 0.4) is 0 Å². The van der Waals surface area contributed by atoms with E-state index >= 15 is 0 Å². The van der Waals surface area contributed by atoms with Crippen molar-refractivity contribution in [1.29, 1.82) is 0 Å². The second kappa shape index (κ2) is 15.5. The molecule has 0 N–H and O–H groups in total. The van der Waals surface area contributed by atoms with Crippen LogP contribution in [0.2, 0.25) is 5.02 Å². The fraction of sp³-hybridized carbons (Fsp3) is 0.536. The van der Waals surface area contributed by atoms with Crippen LogP contribution in [0.25, 0.3) is 0 Å². The number of fused-ring (bicyclic) bond motifs is 1. The molecule has 10 heteroatoms. The van der Waals surface area contributed by atoms with Crippen LogP contribution in [0.15, 0.2) is 41.3 Å². The van der Waals surface area contributed by atoms with E-state index in [2.05, 4.69) is 18.7 Å². The molecule has 1 aliphatic rings. The number of nitrogens with zero attached hydrogens (tertiary/aromatic N) is 2. The summed E-state index contributed by atoms with van der Waals surface area (Å²) in [5.74, 6) is 1.40. The number of anilines is 1. The highest BCUT2D eigenvalue weighted by molar-refractivity contribution is 8.00. The van der Waals surface area contributed by atoms with Crippen molar-refractivity contribution < 1.29 is 28.5 Å². The largest absolute Gasteiger partial charge is 0.497 e. The fourth-order valence-electron chi connectivity index (χ4n) is 4.17. The molecule has 0 bridgehead atoms. The number of thioether (sulfide) groups is 1. The molecule has 1 amide bonds. The van der Waals surface area contributed by atoms with E-state index in [-0.39, 0.29) is 18.1 Å². The Balaban J connectivity index is 1.61. The SMILES string of the molecule is COCCOCOCCN(CCCOc1ccc(OC)cc1C1Sc2cc(Cl)ccc2N1C(C)=O)C(C)C. The summed E-state index contributed by atoms with van der Waals surface area (Å²) >= 11 is 7.82. The molecule has 0 aromatic heterocycles. The monoisotopic (exact) mass is 566 g/mol. The van der Waals surface area contributed by atoms with E-state index in [1.807, 2.05) is 36.4 Å². The van der Waals surface area contributed by atoms with E-state index in [9.17, 15) is 4.79 Å². The molecule has 1 aliphatic heterocycles. The zero-order valence-corrected chi connectivity index (χ0v) is 24.5. The second-order valence-electron chi connectivity index (χ2n) is 9.13. The molecule has 3 rings (SSSR count). The summed E-state index contributed by atoms with van der Waals surface area (Å²) in [7, 11) is 3.28. The highest BCUT2D eigenvalue weighted by atomic mass is 35.5. The van der Waals surface area contributed by atoms with Crippen LogP contribution in [-0.4, -0.2) is 77.4 Å². The first-order valence-electron chi connectivity index (χ1n) is 12.8. The molecule has 1 unspecified atom stereocenters. The van der Waals surface area contributed by atoms with Crippen LogP contribution in [0.1, 0.15) is 38.1 Å². The molecule has 0 spiro atoms. The highest BCUT2D eigenvalue weighted by Gasteiger charge is 2.36. The summed E-state index contributed by atoms with van der Waals surface area (Å²) < 4.78 is 27.7. The second-order valence-corrected chi connectivity index (χ2v) is 10.7. The molecular formula is C28H39ClN2O6S. The molecule has 1 heterocycles. The maximum absolute atomic E-state index is 12.7. The zero-order chi connectivity index (χ0) is 27.5. The topological polar surface area (TPSA) is 69.7 Å². The minimum atomic E-state index is -0.276. The van der Waals surface area contributed by atoms with E-state index < -0.39 is 0 Å². The Morgan fingerprint density at radius 2 is 1.84 bits per heavy atom. The van der Waals surface area contributed by atoms with Crippen molar-refractivity contribution in [3.8, 4) is 11.5 Å². The number of halogens is 1. The lowest BCUT2D eigenvalue weighted by Gasteiger charge is -2.27. The summed E-state index contributed by atoms with van der Waals surface area (Å²) in [5.41, 5.74) is 1.74. The van der Waals surface area contributed by atoms with Gasteiger partial charge in [0, 0.05) is 48.6 Å². The third kappa shape index (κ3) is 8.49. The van der Waals surface area contributed by atoms with E-state index in [0.29, 0.717) is 43.2 Å². The smallest absolute Gasteiger partial charge is 0.225 e. The van der Waals surface area contributed by atoms with Crippen LogP contribution in [0, 0.1) is 0 Å². The van der Waals surface area contributed by atoms with E-state index in [4.69, 9.17) is 35.3 Å². The molecule has 0 saturated heterocycles. The Morgan fingerprint density at radius 3 is 2.55 bits per heavy atom. The number of carbonyl (C=O) groups excluding carboxylic acids is 1. The summed E-state index contributed by atoms with van der Waals surface area (Å²) in [4.78, 5) is 17.8. The number of carbonyl (C=O) groups is 1. The number of amides is 1. The van der Waals surface area contributed by atoms with Crippen LogP contribution in [-0.2, 0) is 19.0 Å². The Bertz CT molecular complexity index is 1040. The number of hydrogen-bond acceptors (Lipinski definition) is 8. The van der Waals surface area contributed by atoms with Gasteiger partial charge in [0.05, 0.1) is 39.2 Å². The van der Waals surface area contributed by atoms with Gasteiger partial charge in [0.1, 0.15) is 23.7 Å². The Labute approximate surface area is 235 Å². The minimum Gasteiger partial charge on any atom is -0.497 e. The average Bonchev–Trinajstić information content (AvgIpc) is 3.27. The molecule has 0 fully saturated rings. The van der Waals surface area contributed by atoms with Crippen molar-refractivity contribution in [3.63, 3.8) is 0 Å². The number of hydrogen-bond donors (Lipinski definition) is 0. The third-order valence-electron chi connectivity index (χ3n) is 6.18. The van der Waals surface area contributed by atoms with Gasteiger partial charge < -0.3 is 23.7 Å². The van der Waals surface area contributed by atoms with Crippen LogP contribution in [0.4, 0.5) is 5.69 Å². The van der Waals surface area contributed by atoms with Crippen molar-refractivity contribution in [1.82, 2.24) is 4.90 Å². The summed E-state index contributed by atoms with van der Waals surface area (Å²) in [5, 5.41) is 0.364. The van der Waals surface area contributed by atoms with Crippen molar-refractivity contribution in [3.05, 3.63) is 47.0 Å². The number of benzene rings is 2. The molecule has 8 nitrogen and oxygen atoms in total. The third-order valence-corrected chi connectivity index (χ3v) is 7.68. The molecule has 0 aliphatic carbocycles. The maximum atomic E-state index is 12.7. The van der Waals surface area contributed by atoms with Gasteiger partial charge in [0.2, 0.25) is 5.91 Å². The average molecular weight is 567 g/mol. The lowest BCUT2D eigenvalue weighted by molar-refractivity contribution is -0.116. The van der Waals surface area contributed by atoms with Crippen LogP contribution >= 0.6 is 23.4 Å². The van der Waals surface area contributed by atoms with Gasteiger partial charge in [-0.2, -0.15) is 0 Å². The lowest BCUT2D eigenvalue weighted by atomic mass is 10.1. The molecular weight excluding hydrogens is 528 g/mol. The standard InChI is InChI=1S/C28H39ClN2O6S/c1-20(2)30(12-14-35-19-36-16-15-33-4)11-6-13-37-26-10-8-23(34-5)18-24(26)28-31(21(3)32)25-9-7-22(29)17-27(25)38-28/h7-10,17-18,20,28H,6,11-16,19H2,1-5H3. The quantitative estimate of drug-likeness (QED) is 0.191. The fourth-order valence-corrected chi connectivity index (χ4v) is 5.81. The van der Waals surface area contributed by atoms with Crippen molar-refractivity contribution in [2.75, 3.05) is 65.4 Å². The number of methoxy groups -OCH3 is 2. The summed E-state index contributed by atoms with van der Waals surface area (Å²) in [6.45, 7) is 10.1. The van der Waals surface area contributed by atoms with Crippen LogP contribution in [0.5, 0.6) is 11.5 Å². The van der Waals surface area contributed by atoms with Gasteiger partial charge >= 0.3 is 0 Å². The molecule has 38 heavy (non-hydrogen) atoms. The zero-order valence-electron chi connectivity index (χ0n) is 22.9. The van der Waals surface area contributed by atoms with Gasteiger partial charge in [0.15, 0.2) is 0 Å². The minimum absolute atomic E-state index is 0.0452. The van der Waals surface area contributed by atoms with E-state index in [1.54, 1.807) is 37.8 Å². The van der Waals surface area contributed by atoms with Gasteiger partial charge in [-0.25, -0.2) is 0 Å². The van der Waals surface area contributed by atoms with Crippen LogP contribution < -0.4 is 14.4 Å². The maximum Gasteiger partial charge on any atom is 0.225 e. The Morgan fingerprint density at radius 1 is 1.05 bits per heavy atom. The predicted molar refractivity (Wildman–Crippen MR) is 152 cm³/mol. The normalized spacial score (nSPS) is 14.8. The van der Waals surface area contributed by atoms with Gasteiger partial charge in [0.25, 0.3) is 0 Å². The molecule has 2 aromatic rings. The molecule has 2 aromatic carbocycles. The molecule has 0 radical (unpaired) electrons. The molecule has 210 valence electrons. The Kier molecular flexibility index (Phi) is 12.5. The first-order chi connectivity index (χ1) is 18.3. The summed E-state index contributed by atoms with van der Waals surface area (Å²) in [6, 6.07) is 11.7. The van der Waals surface area contributed by atoms with Crippen molar-refractivity contribution in [2.45, 2.75) is 43.5 Å². The Hall–Kier alpha value is -2.01. The number of rotatable bonds is 16.